The summed E-state index contributed by atoms with van der Waals surface area (Å²) < 4.78 is 5.17. The highest BCUT2D eigenvalue weighted by atomic mass is 35.5. The van der Waals surface area contributed by atoms with Crippen molar-refractivity contribution in [3.05, 3.63) is 28.8 Å². The topological polar surface area (TPSA) is 60.2 Å². The summed E-state index contributed by atoms with van der Waals surface area (Å²) in [6, 6.07) is 1.50. The number of nitrogens with two attached hydrogens (primary N) is 1. The van der Waals surface area contributed by atoms with E-state index in [9.17, 15) is 0 Å². The maximum absolute atomic E-state index is 5.82. The van der Waals surface area contributed by atoms with Gasteiger partial charge < -0.3 is 10.2 Å². The van der Waals surface area contributed by atoms with Crippen molar-refractivity contribution in [3.63, 3.8) is 0 Å². The molecule has 0 radical (unpaired) electrons. The minimum atomic E-state index is 0.268. The van der Waals surface area contributed by atoms with E-state index >= 15 is 0 Å². The van der Waals surface area contributed by atoms with Gasteiger partial charge in [-0.1, -0.05) is 35.9 Å². The van der Waals surface area contributed by atoms with E-state index in [-0.39, 0.29) is 5.88 Å². The molecule has 1 aromatic rings. The molecule has 0 amide bonds. The Morgan fingerprint density at radius 3 is 2.86 bits per heavy atom. The van der Waals surface area contributed by atoms with Gasteiger partial charge in [0, 0.05) is 0 Å². The zero-order valence-corrected chi connectivity index (χ0v) is 8.77. The smallest absolute Gasteiger partial charge is 0.235 e. The quantitative estimate of drug-likeness (QED) is 0.476. The van der Waals surface area contributed by atoms with E-state index in [0.29, 0.717) is 22.5 Å². The van der Waals surface area contributed by atoms with Crippen molar-refractivity contribution in [3.8, 4) is 5.88 Å². The van der Waals surface area contributed by atoms with Gasteiger partial charge in [-0.15, -0.1) is 0 Å². The molecule has 0 fully saturated rings. The average molecular weight is 234 g/mol. The average Bonchev–Trinajstić information content (AvgIpc) is 2.17. The number of hydrazine groups is 1. The number of anilines is 1. The Morgan fingerprint density at radius 1 is 1.57 bits per heavy atom. The van der Waals surface area contributed by atoms with Crippen LogP contribution in [-0.4, -0.2) is 11.6 Å². The van der Waals surface area contributed by atoms with Crippen molar-refractivity contribution in [2.45, 2.75) is 0 Å². The van der Waals surface area contributed by atoms with Gasteiger partial charge in [0.05, 0.1) is 5.02 Å². The molecule has 1 rings (SSSR count). The lowest BCUT2D eigenvalue weighted by Crippen LogP contribution is -2.10. The van der Waals surface area contributed by atoms with Crippen LogP contribution in [0.3, 0.4) is 0 Å². The molecule has 0 saturated heterocycles. The molecular weight excluding hydrogens is 225 g/mol. The second-order valence-corrected chi connectivity index (χ2v) is 3.16. The van der Waals surface area contributed by atoms with E-state index in [1.54, 1.807) is 6.08 Å². The first-order valence-electron chi connectivity index (χ1n) is 3.75. The first-order chi connectivity index (χ1) is 6.69. The minimum Gasteiger partial charge on any atom is -0.472 e. The number of aromatic nitrogens is 1. The number of ether oxygens (including phenoxy) is 1. The summed E-state index contributed by atoms with van der Waals surface area (Å²) in [7, 11) is 0. The van der Waals surface area contributed by atoms with Gasteiger partial charge in [-0.05, 0) is 6.07 Å². The van der Waals surface area contributed by atoms with Crippen LogP contribution in [0.1, 0.15) is 0 Å². The van der Waals surface area contributed by atoms with Crippen LogP contribution in [0.5, 0.6) is 5.88 Å². The van der Waals surface area contributed by atoms with Crippen molar-refractivity contribution in [1.82, 2.24) is 4.98 Å². The summed E-state index contributed by atoms with van der Waals surface area (Å²) in [5.74, 6) is 5.76. The van der Waals surface area contributed by atoms with Gasteiger partial charge in [0.1, 0.15) is 11.6 Å². The van der Waals surface area contributed by atoms with Gasteiger partial charge in [0.25, 0.3) is 0 Å². The molecule has 4 nitrogen and oxygen atoms in total. The molecule has 0 spiro atoms. The second-order valence-electron chi connectivity index (χ2n) is 2.35. The summed E-state index contributed by atoms with van der Waals surface area (Å²) in [6.07, 6.45) is 1.59. The van der Waals surface area contributed by atoms with Gasteiger partial charge >= 0.3 is 0 Å². The maximum Gasteiger partial charge on any atom is 0.235 e. The number of nitrogens with one attached hydrogen (secondary N) is 1. The molecule has 0 aliphatic heterocycles. The summed E-state index contributed by atoms with van der Waals surface area (Å²) in [5, 5.41) is 0.666. The minimum absolute atomic E-state index is 0.268. The highest BCUT2D eigenvalue weighted by Crippen LogP contribution is 2.30. The first-order valence-corrected chi connectivity index (χ1v) is 4.51. The normalized spacial score (nSPS) is 9.64. The van der Waals surface area contributed by atoms with Crippen LogP contribution in [0.25, 0.3) is 0 Å². The molecule has 0 aromatic carbocycles. The Labute approximate surface area is 91.6 Å². The Hall–Kier alpha value is -0.970. The van der Waals surface area contributed by atoms with Gasteiger partial charge in [-0.3, -0.25) is 0 Å². The Balaban J connectivity index is 2.98. The van der Waals surface area contributed by atoms with Gasteiger partial charge in [-0.25, -0.2) is 5.84 Å². The van der Waals surface area contributed by atoms with Crippen LogP contribution >= 0.6 is 23.2 Å². The number of hydrogen-bond donors (Lipinski definition) is 2. The molecule has 3 N–H and O–H groups in total. The van der Waals surface area contributed by atoms with Crippen LogP contribution in [0.4, 0.5) is 5.82 Å². The molecule has 0 atom stereocenters. The number of nitrogen functional groups attached to an aromatic ring is 1. The lowest BCUT2D eigenvalue weighted by Gasteiger charge is -2.08. The Bertz CT molecular complexity index is 344. The van der Waals surface area contributed by atoms with E-state index in [0.717, 1.165) is 0 Å². The summed E-state index contributed by atoms with van der Waals surface area (Å²) in [6.45, 7) is 3.82. The molecule has 0 bridgehead atoms. The van der Waals surface area contributed by atoms with Gasteiger partial charge in [-0.2, -0.15) is 4.98 Å². The predicted octanol–water partition coefficient (Wildman–Crippen LogP) is 2.24. The van der Waals surface area contributed by atoms with Gasteiger partial charge in [0.15, 0.2) is 5.82 Å². The Kier molecular flexibility index (Phi) is 4.00. The van der Waals surface area contributed by atoms with E-state index in [2.05, 4.69) is 17.0 Å². The SMILES string of the molecule is C=CCOc1nc(NN)c(Cl)cc1Cl. The molecule has 0 unspecified atom stereocenters. The fourth-order valence-corrected chi connectivity index (χ4v) is 1.26. The lowest BCUT2D eigenvalue weighted by atomic mass is 10.4. The third-order valence-corrected chi connectivity index (χ3v) is 1.93. The highest BCUT2D eigenvalue weighted by molar-refractivity contribution is 6.36. The predicted molar refractivity (Wildman–Crippen MR) is 57.8 cm³/mol. The number of rotatable bonds is 4. The third kappa shape index (κ3) is 2.51. The van der Waals surface area contributed by atoms with Crippen LogP contribution in [-0.2, 0) is 0 Å². The van der Waals surface area contributed by atoms with Crippen molar-refractivity contribution in [2.75, 3.05) is 12.0 Å². The van der Waals surface area contributed by atoms with Crippen molar-refractivity contribution in [2.24, 2.45) is 5.84 Å². The summed E-state index contributed by atoms with van der Waals surface area (Å²) in [5.41, 5.74) is 2.33. The zero-order valence-electron chi connectivity index (χ0n) is 7.26. The third-order valence-electron chi connectivity index (χ3n) is 1.37. The molecule has 1 heterocycles. The van der Waals surface area contributed by atoms with E-state index in [1.165, 1.54) is 6.07 Å². The van der Waals surface area contributed by atoms with Crippen molar-refractivity contribution >= 4 is 29.0 Å². The number of pyridine rings is 1. The van der Waals surface area contributed by atoms with E-state index in [4.69, 9.17) is 33.8 Å². The molecular formula is C8H9Cl2N3O. The van der Waals surface area contributed by atoms with Crippen LogP contribution in [0.15, 0.2) is 18.7 Å². The number of halogens is 2. The molecule has 0 aliphatic carbocycles. The maximum atomic E-state index is 5.82. The fourth-order valence-electron chi connectivity index (χ4n) is 0.790. The van der Waals surface area contributed by atoms with Crippen LogP contribution < -0.4 is 16.0 Å². The standard InChI is InChI=1S/C8H9Cl2N3O/c1-2-3-14-8-6(10)4-5(9)7(12-8)13-11/h2,4H,1,3,11H2,(H,12,13). The van der Waals surface area contributed by atoms with Crippen molar-refractivity contribution < 1.29 is 4.74 Å². The lowest BCUT2D eigenvalue weighted by molar-refractivity contribution is 0.349. The highest BCUT2D eigenvalue weighted by Gasteiger charge is 2.08. The monoisotopic (exact) mass is 233 g/mol. The number of nitrogens with zero attached hydrogens (tertiary/aromatic N) is 1. The van der Waals surface area contributed by atoms with E-state index < -0.39 is 0 Å². The van der Waals surface area contributed by atoms with Gasteiger partial charge in [0.2, 0.25) is 5.88 Å². The summed E-state index contributed by atoms with van der Waals surface area (Å²) in [4.78, 5) is 3.96. The second kappa shape index (κ2) is 5.05. The van der Waals surface area contributed by atoms with Crippen molar-refractivity contribution in [1.29, 1.82) is 0 Å². The zero-order chi connectivity index (χ0) is 10.6. The van der Waals surface area contributed by atoms with Crippen LogP contribution in [0, 0.1) is 0 Å². The van der Waals surface area contributed by atoms with E-state index in [1.807, 2.05) is 0 Å². The largest absolute Gasteiger partial charge is 0.472 e. The molecule has 6 heteroatoms. The first kappa shape index (κ1) is 11.1. The number of hydrogen-bond acceptors (Lipinski definition) is 4. The molecule has 0 aliphatic rings. The molecule has 14 heavy (non-hydrogen) atoms. The Morgan fingerprint density at radius 2 is 2.29 bits per heavy atom. The fraction of sp³-hybridized carbons (Fsp3) is 0.125. The summed E-state index contributed by atoms with van der Waals surface area (Å²) >= 11 is 11.6. The van der Waals surface area contributed by atoms with Crippen LogP contribution in [0.2, 0.25) is 10.0 Å². The molecule has 0 saturated carbocycles. The molecule has 76 valence electrons. The molecule has 1 aromatic heterocycles.